The number of nitrogens with zero attached hydrogens (tertiary/aromatic N) is 1. The Labute approximate surface area is 117 Å². The first-order valence-corrected chi connectivity index (χ1v) is 8.73. The van der Waals surface area contributed by atoms with Crippen LogP contribution in [0.4, 0.5) is 0 Å². The van der Waals surface area contributed by atoms with Gasteiger partial charge in [0.25, 0.3) is 0 Å². The number of rotatable bonds is 7. The first-order chi connectivity index (χ1) is 8.88. The maximum atomic E-state index is 12.0. The third kappa shape index (κ3) is 5.02. The first kappa shape index (κ1) is 16.9. The van der Waals surface area contributed by atoms with Gasteiger partial charge in [0.05, 0.1) is 18.5 Å². The van der Waals surface area contributed by atoms with E-state index in [9.17, 15) is 8.42 Å². The predicted molar refractivity (Wildman–Crippen MR) is 77.7 cm³/mol. The van der Waals surface area contributed by atoms with Crippen LogP contribution in [0.1, 0.15) is 34.1 Å². The van der Waals surface area contributed by atoms with Crippen molar-refractivity contribution in [2.24, 2.45) is 5.92 Å². The zero-order valence-corrected chi connectivity index (χ0v) is 13.4. The van der Waals surface area contributed by atoms with Crippen molar-refractivity contribution in [1.82, 2.24) is 9.62 Å². The zero-order chi connectivity index (χ0) is 14.5. The fourth-order valence-corrected chi connectivity index (χ4v) is 3.39. The van der Waals surface area contributed by atoms with E-state index >= 15 is 0 Å². The second-order valence-electron chi connectivity index (χ2n) is 5.57. The SMILES string of the molecule is CC[C@H](C)S(=O)(=O)NC[C@H](C(C)C)N1CCOCC1. The van der Waals surface area contributed by atoms with Crippen molar-refractivity contribution in [1.29, 1.82) is 0 Å². The molecule has 0 saturated carbocycles. The van der Waals surface area contributed by atoms with Gasteiger partial charge in [0.15, 0.2) is 0 Å². The molecule has 1 saturated heterocycles. The Balaban J connectivity index is 2.59. The molecule has 0 aromatic carbocycles. The molecule has 1 fully saturated rings. The normalized spacial score (nSPS) is 21.5. The minimum Gasteiger partial charge on any atom is -0.379 e. The van der Waals surface area contributed by atoms with Crippen LogP contribution in [0.5, 0.6) is 0 Å². The number of morpholine rings is 1. The molecule has 5 nitrogen and oxygen atoms in total. The van der Waals surface area contributed by atoms with E-state index in [0.29, 0.717) is 18.9 Å². The van der Waals surface area contributed by atoms with Crippen LogP contribution in [0.15, 0.2) is 0 Å². The van der Waals surface area contributed by atoms with E-state index in [-0.39, 0.29) is 11.3 Å². The molecule has 0 aliphatic carbocycles. The van der Waals surface area contributed by atoms with Crippen molar-refractivity contribution in [2.45, 2.75) is 45.4 Å². The van der Waals surface area contributed by atoms with Gasteiger partial charge in [-0.3, -0.25) is 4.90 Å². The molecule has 0 unspecified atom stereocenters. The van der Waals surface area contributed by atoms with Gasteiger partial charge in [0.2, 0.25) is 10.0 Å². The zero-order valence-electron chi connectivity index (χ0n) is 12.6. The van der Waals surface area contributed by atoms with Crippen molar-refractivity contribution in [2.75, 3.05) is 32.8 Å². The molecule has 0 aromatic rings. The summed E-state index contributed by atoms with van der Waals surface area (Å²) < 4.78 is 32.2. The second-order valence-corrected chi connectivity index (χ2v) is 7.76. The molecular formula is C13H28N2O3S. The maximum absolute atomic E-state index is 12.0. The van der Waals surface area contributed by atoms with Crippen LogP contribution < -0.4 is 4.72 Å². The molecule has 2 atom stereocenters. The standard InChI is InChI=1S/C13H28N2O3S/c1-5-12(4)19(16,17)14-10-13(11(2)3)15-6-8-18-9-7-15/h11-14H,5-10H2,1-4H3/t12-,13+/m0/s1. The molecule has 6 heteroatoms. The lowest BCUT2D eigenvalue weighted by Crippen LogP contribution is -2.51. The highest BCUT2D eigenvalue weighted by molar-refractivity contribution is 7.90. The quantitative estimate of drug-likeness (QED) is 0.762. The maximum Gasteiger partial charge on any atom is 0.214 e. The summed E-state index contributed by atoms with van der Waals surface area (Å²) in [6.07, 6.45) is 0.638. The minimum atomic E-state index is -3.19. The van der Waals surface area contributed by atoms with Gasteiger partial charge in [0, 0.05) is 25.7 Å². The monoisotopic (exact) mass is 292 g/mol. The van der Waals surface area contributed by atoms with Crippen LogP contribution in [0, 0.1) is 5.92 Å². The number of ether oxygens (including phenoxy) is 1. The Morgan fingerprint density at radius 3 is 2.26 bits per heavy atom. The predicted octanol–water partition coefficient (Wildman–Crippen LogP) is 1.06. The Hall–Kier alpha value is -0.170. The summed E-state index contributed by atoms with van der Waals surface area (Å²) in [4.78, 5) is 2.33. The van der Waals surface area contributed by atoms with Gasteiger partial charge < -0.3 is 4.74 Å². The van der Waals surface area contributed by atoms with Crippen LogP contribution >= 0.6 is 0 Å². The highest BCUT2D eigenvalue weighted by Crippen LogP contribution is 2.13. The second kappa shape index (κ2) is 7.57. The summed E-state index contributed by atoms with van der Waals surface area (Å²) in [6, 6.07) is 0.239. The summed E-state index contributed by atoms with van der Waals surface area (Å²) in [5.41, 5.74) is 0. The Kier molecular flexibility index (Phi) is 6.73. The Bertz CT molecular complexity index is 351. The van der Waals surface area contributed by atoms with E-state index in [2.05, 4.69) is 23.5 Å². The van der Waals surface area contributed by atoms with Crippen molar-refractivity contribution < 1.29 is 13.2 Å². The third-order valence-corrected chi connectivity index (χ3v) is 5.84. The number of hydrogen-bond acceptors (Lipinski definition) is 4. The summed E-state index contributed by atoms with van der Waals surface area (Å²) in [6.45, 7) is 11.7. The number of hydrogen-bond donors (Lipinski definition) is 1. The van der Waals surface area contributed by atoms with Gasteiger partial charge in [-0.2, -0.15) is 0 Å². The molecule has 1 aliphatic rings. The fraction of sp³-hybridized carbons (Fsp3) is 1.00. The van der Waals surface area contributed by atoms with E-state index < -0.39 is 10.0 Å². The first-order valence-electron chi connectivity index (χ1n) is 7.18. The van der Waals surface area contributed by atoms with Crippen LogP contribution in [0.25, 0.3) is 0 Å². The van der Waals surface area contributed by atoms with E-state index in [1.165, 1.54) is 0 Å². The van der Waals surface area contributed by atoms with Gasteiger partial charge in [-0.1, -0.05) is 20.8 Å². The van der Waals surface area contributed by atoms with Crippen LogP contribution in [-0.2, 0) is 14.8 Å². The van der Waals surface area contributed by atoms with E-state index in [1.807, 2.05) is 6.92 Å². The lowest BCUT2D eigenvalue weighted by atomic mass is 10.0. The average molecular weight is 292 g/mol. The van der Waals surface area contributed by atoms with Gasteiger partial charge >= 0.3 is 0 Å². The molecule has 0 radical (unpaired) electrons. The van der Waals surface area contributed by atoms with Crippen molar-refractivity contribution >= 4 is 10.0 Å². The topological polar surface area (TPSA) is 58.6 Å². The molecule has 1 N–H and O–H groups in total. The molecule has 0 amide bonds. The molecule has 0 aromatic heterocycles. The smallest absolute Gasteiger partial charge is 0.214 e. The van der Waals surface area contributed by atoms with Crippen molar-refractivity contribution in [3.05, 3.63) is 0 Å². The van der Waals surface area contributed by atoms with Crippen LogP contribution in [-0.4, -0.2) is 57.5 Å². The molecule has 1 heterocycles. The van der Waals surface area contributed by atoms with Gasteiger partial charge in [-0.25, -0.2) is 13.1 Å². The molecule has 19 heavy (non-hydrogen) atoms. The van der Waals surface area contributed by atoms with E-state index in [1.54, 1.807) is 6.92 Å². The molecule has 0 bridgehead atoms. The summed E-state index contributed by atoms with van der Waals surface area (Å²) in [7, 11) is -3.19. The minimum absolute atomic E-state index is 0.239. The summed E-state index contributed by atoms with van der Waals surface area (Å²) >= 11 is 0. The lowest BCUT2D eigenvalue weighted by molar-refractivity contribution is 0.00775. The lowest BCUT2D eigenvalue weighted by Gasteiger charge is -2.37. The fourth-order valence-electron chi connectivity index (χ4n) is 2.26. The van der Waals surface area contributed by atoms with Crippen molar-refractivity contribution in [3.8, 4) is 0 Å². The highest BCUT2D eigenvalue weighted by Gasteiger charge is 2.26. The van der Waals surface area contributed by atoms with Crippen LogP contribution in [0.2, 0.25) is 0 Å². The molecule has 1 aliphatic heterocycles. The Morgan fingerprint density at radius 1 is 1.21 bits per heavy atom. The average Bonchev–Trinajstić information content (AvgIpc) is 2.38. The molecule has 114 valence electrons. The van der Waals surface area contributed by atoms with Gasteiger partial charge in [0.1, 0.15) is 0 Å². The molecular weight excluding hydrogens is 264 g/mol. The largest absolute Gasteiger partial charge is 0.379 e. The summed E-state index contributed by atoms with van der Waals surface area (Å²) in [5, 5.41) is -0.329. The molecule has 1 rings (SSSR count). The number of sulfonamides is 1. The van der Waals surface area contributed by atoms with Crippen molar-refractivity contribution in [3.63, 3.8) is 0 Å². The molecule has 0 spiro atoms. The number of nitrogens with one attached hydrogen (secondary N) is 1. The third-order valence-electron chi connectivity index (χ3n) is 3.88. The Morgan fingerprint density at radius 2 is 1.79 bits per heavy atom. The van der Waals surface area contributed by atoms with Gasteiger partial charge in [-0.05, 0) is 19.3 Å². The van der Waals surface area contributed by atoms with Crippen LogP contribution in [0.3, 0.4) is 0 Å². The highest BCUT2D eigenvalue weighted by atomic mass is 32.2. The van der Waals surface area contributed by atoms with E-state index in [0.717, 1.165) is 26.3 Å². The summed E-state index contributed by atoms with van der Waals surface area (Å²) in [5.74, 6) is 0.415. The van der Waals surface area contributed by atoms with Gasteiger partial charge in [-0.15, -0.1) is 0 Å². The van der Waals surface area contributed by atoms with E-state index in [4.69, 9.17) is 4.74 Å².